The van der Waals surface area contributed by atoms with Crippen molar-refractivity contribution >= 4 is 12.9 Å². The predicted octanol–water partition coefficient (Wildman–Crippen LogP) is -0.996. The SMILES string of the molecule is F[B-](F)(F)C1=CCN(c2ncccn2)CC1.[K+]. The molecule has 3 nitrogen and oxygen atoms in total. The summed E-state index contributed by atoms with van der Waals surface area (Å²) in [7, 11) is 0. The van der Waals surface area contributed by atoms with Crippen molar-refractivity contribution in [3.8, 4) is 0 Å². The van der Waals surface area contributed by atoms with Crippen LogP contribution in [0.1, 0.15) is 6.42 Å². The smallest absolute Gasteiger partial charge is 0.445 e. The maximum absolute atomic E-state index is 12.4. The molecule has 1 aliphatic rings. The molecule has 0 spiro atoms. The van der Waals surface area contributed by atoms with Crippen LogP contribution in [0.2, 0.25) is 0 Å². The Labute approximate surface area is 140 Å². The summed E-state index contributed by atoms with van der Waals surface area (Å²) in [4.78, 5) is 9.73. The molecule has 0 radical (unpaired) electrons. The summed E-state index contributed by atoms with van der Waals surface area (Å²) in [5.74, 6) is 0.479. The molecule has 0 saturated heterocycles. The minimum absolute atomic E-state index is 0. The van der Waals surface area contributed by atoms with Crippen molar-refractivity contribution in [3.05, 3.63) is 30.0 Å². The second-order valence-electron chi connectivity index (χ2n) is 3.60. The van der Waals surface area contributed by atoms with Crippen molar-refractivity contribution < 1.29 is 64.3 Å². The van der Waals surface area contributed by atoms with Crippen LogP contribution < -0.4 is 56.3 Å². The van der Waals surface area contributed by atoms with Crippen molar-refractivity contribution in [2.75, 3.05) is 18.0 Å². The summed E-state index contributed by atoms with van der Waals surface area (Å²) in [6.45, 7) is -4.29. The normalized spacial score (nSPS) is 16.2. The second-order valence-corrected chi connectivity index (χ2v) is 3.60. The zero-order valence-corrected chi connectivity index (χ0v) is 12.6. The van der Waals surface area contributed by atoms with E-state index in [-0.39, 0.29) is 64.4 Å². The number of hydrogen-bond donors (Lipinski definition) is 0. The van der Waals surface area contributed by atoms with Gasteiger partial charge in [-0.15, -0.1) is 5.47 Å². The van der Waals surface area contributed by atoms with Crippen LogP contribution in [0.5, 0.6) is 0 Å². The summed E-state index contributed by atoms with van der Waals surface area (Å²) in [5.41, 5.74) is -0.396. The Morgan fingerprint density at radius 3 is 2.29 bits per heavy atom. The van der Waals surface area contributed by atoms with Gasteiger partial charge in [-0.1, -0.05) is 6.08 Å². The predicted molar refractivity (Wildman–Crippen MR) is 56.0 cm³/mol. The van der Waals surface area contributed by atoms with Gasteiger partial charge in [0.2, 0.25) is 5.95 Å². The monoisotopic (exact) mass is 267 g/mol. The molecule has 0 unspecified atom stereocenters. The standard InChI is InChI=1S/C9H10BF3N3.K/c11-10(12,13)8-2-6-16(7-3-8)9-14-4-1-5-15-9;/h1-2,4-5H,3,6-7H2;/q-1;+1. The summed E-state index contributed by atoms with van der Waals surface area (Å²) >= 11 is 0. The molecule has 0 bridgehead atoms. The van der Waals surface area contributed by atoms with Gasteiger partial charge in [-0.05, 0) is 12.5 Å². The minimum Gasteiger partial charge on any atom is -0.445 e. The van der Waals surface area contributed by atoms with Crippen LogP contribution in [0, 0.1) is 0 Å². The first-order chi connectivity index (χ1) is 7.57. The van der Waals surface area contributed by atoms with Crippen LogP contribution in [0.3, 0.4) is 0 Å². The number of anilines is 1. The molecule has 1 aliphatic heterocycles. The van der Waals surface area contributed by atoms with Crippen molar-refractivity contribution in [1.82, 2.24) is 9.97 Å². The molecule has 0 aliphatic carbocycles. The van der Waals surface area contributed by atoms with E-state index in [1.165, 1.54) is 6.08 Å². The molecule has 0 aromatic carbocycles. The van der Waals surface area contributed by atoms with Crippen LogP contribution in [-0.4, -0.2) is 30.0 Å². The molecule has 17 heavy (non-hydrogen) atoms. The average molecular weight is 267 g/mol. The topological polar surface area (TPSA) is 29.0 Å². The molecular weight excluding hydrogens is 257 g/mol. The molecule has 1 aromatic heterocycles. The molecule has 0 fully saturated rings. The van der Waals surface area contributed by atoms with E-state index in [1.54, 1.807) is 23.4 Å². The largest absolute Gasteiger partial charge is 1.00 e. The fourth-order valence-corrected chi connectivity index (χ4v) is 1.62. The Hall–Kier alpha value is 0.111. The van der Waals surface area contributed by atoms with Crippen molar-refractivity contribution in [2.24, 2.45) is 0 Å². The Morgan fingerprint density at radius 2 is 1.82 bits per heavy atom. The number of hydrogen-bond acceptors (Lipinski definition) is 3. The molecule has 2 heterocycles. The van der Waals surface area contributed by atoms with Gasteiger partial charge in [0.15, 0.2) is 0 Å². The van der Waals surface area contributed by atoms with Gasteiger partial charge in [-0.3, -0.25) is 0 Å². The fraction of sp³-hybridized carbons (Fsp3) is 0.333. The molecule has 0 atom stereocenters. The Morgan fingerprint density at radius 1 is 1.18 bits per heavy atom. The van der Waals surface area contributed by atoms with Crippen LogP contribution in [0.15, 0.2) is 30.0 Å². The van der Waals surface area contributed by atoms with E-state index < -0.39 is 12.4 Å². The number of rotatable bonds is 2. The number of nitrogens with zero attached hydrogens (tertiary/aromatic N) is 3. The van der Waals surface area contributed by atoms with Crippen LogP contribution in [-0.2, 0) is 0 Å². The molecule has 0 N–H and O–H groups in total. The molecule has 0 amide bonds. The minimum atomic E-state index is -4.83. The maximum atomic E-state index is 12.4. The van der Waals surface area contributed by atoms with E-state index in [1.807, 2.05) is 0 Å². The zero-order valence-electron chi connectivity index (χ0n) is 9.48. The first-order valence-corrected chi connectivity index (χ1v) is 4.98. The molecular formula is C9H10BF3KN3. The van der Waals surface area contributed by atoms with Gasteiger partial charge in [0.1, 0.15) is 0 Å². The molecule has 0 saturated carbocycles. The van der Waals surface area contributed by atoms with Crippen LogP contribution >= 0.6 is 0 Å². The van der Waals surface area contributed by atoms with Crippen LogP contribution in [0.4, 0.5) is 18.9 Å². The van der Waals surface area contributed by atoms with Gasteiger partial charge in [0.25, 0.3) is 0 Å². The van der Waals surface area contributed by atoms with E-state index >= 15 is 0 Å². The zero-order chi connectivity index (χ0) is 11.6. The summed E-state index contributed by atoms with van der Waals surface area (Å²) < 4.78 is 37.2. The van der Waals surface area contributed by atoms with E-state index in [2.05, 4.69) is 9.97 Å². The third-order valence-corrected chi connectivity index (χ3v) is 2.50. The Kier molecular flexibility index (Phi) is 5.65. The summed E-state index contributed by atoms with van der Waals surface area (Å²) in [6.07, 6.45) is 4.39. The van der Waals surface area contributed by atoms with Gasteiger partial charge in [-0.25, -0.2) is 9.97 Å². The van der Waals surface area contributed by atoms with E-state index in [0.717, 1.165) is 0 Å². The van der Waals surface area contributed by atoms with Crippen molar-refractivity contribution in [2.45, 2.75) is 6.42 Å². The molecule has 86 valence electrons. The van der Waals surface area contributed by atoms with Crippen LogP contribution in [0.25, 0.3) is 0 Å². The summed E-state index contributed by atoms with van der Waals surface area (Å²) in [6, 6.07) is 1.67. The van der Waals surface area contributed by atoms with E-state index in [0.29, 0.717) is 12.5 Å². The molecule has 1 aromatic rings. The first-order valence-electron chi connectivity index (χ1n) is 4.98. The van der Waals surface area contributed by atoms with Gasteiger partial charge in [0, 0.05) is 25.5 Å². The third-order valence-electron chi connectivity index (χ3n) is 2.50. The fourth-order valence-electron chi connectivity index (χ4n) is 1.62. The van der Waals surface area contributed by atoms with Gasteiger partial charge in [0.05, 0.1) is 0 Å². The Bertz CT molecular complexity index is 396. The van der Waals surface area contributed by atoms with Gasteiger partial charge in [-0.2, -0.15) is 0 Å². The second kappa shape index (κ2) is 6.33. The summed E-state index contributed by atoms with van der Waals surface area (Å²) in [5, 5.41) is 0. The number of halogens is 3. The molecule has 8 heteroatoms. The molecule has 2 rings (SSSR count). The first kappa shape index (κ1) is 15.2. The average Bonchev–Trinajstić information content (AvgIpc) is 2.29. The maximum Gasteiger partial charge on any atom is 1.00 e. The third kappa shape index (κ3) is 4.06. The number of aromatic nitrogens is 2. The van der Waals surface area contributed by atoms with Gasteiger partial charge >= 0.3 is 58.4 Å². The van der Waals surface area contributed by atoms with E-state index in [4.69, 9.17) is 0 Å². The van der Waals surface area contributed by atoms with Crippen molar-refractivity contribution in [3.63, 3.8) is 0 Å². The Balaban J connectivity index is 0.00000144. The van der Waals surface area contributed by atoms with E-state index in [9.17, 15) is 12.9 Å². The quantitative estimate of drug-likeness (QED) is 0.644. The van der Waals surface area contributed by atoms with Gasteiger partial charge < -0.3 is 17.8 Å². The van der Waals surface area contributed by atoms with Crippen molar-refractivity contribution in [1.29, 1.82) is 0 Å².